The zero-order valence-electron chi connectivity index (χ0n) is 16.7. The van der Waals surface area contributed by atoms with Crippen molar-refractivity contribution in [2.24, 2.45) is 0 Å². The molecule has 1 aliphatic carbocycles. The van der Waals surface area contributed by atoms with Crippen LogP contribution in [-0.2, 0) is 5.41 Å². The molecule has 5 rings (SSSR count). The van der Waals surface area contributed by atoms with E-state index < -0.39 is 0 Å². The van der Waals surface area contributed by atoms with Crippen LogP contribution in [0.15, 0.2) is 91.0 Å². The SMILES string of the molecule is Cc1ccc(-c2ccc(-c3ccccc3)c3c2C(C)(C)c2ccccc2-3)cc1. The van der Waals surface area contributed by atoms with Crippen molar-refractivity contribution in [3.05, 3.63) is 108 Å². The molecule has 0 bridgehead atoms. The van der Waals surface area contributed by atoms with Gasteiger partial charge in [0.2, 0.25) is 0 Å². The van der Waals surface area contributed by atoms with E-state index in [1.807, 2.05) is 0 Å². The van der Waals surface area contributed by atoms with E-state index in [0.29, 0.717) is 0 Å². The van der Waals surface area contributed by atoms with Crippen LogP contribution in [0.25, 0.3) is 33.4 Å². The molecule has 0 fully saturated rings. The molecule has 0 N–H and O–H groups in total. The van der Waals surface area contributed by atoms with Crippen LogP contribution < -0.4 is 0 Å². The van der Waals surface area contributed by atoms with E-state index in [1.54, 1.807) is 0 Å². The van der Waals surface area contributed by atoms with Crippen LogP contribution in [0.3, 0.4) is 0 Å². The van der Waals surface area contributed by atoms with Crippen molar-refractivity contribution in [1.82, 2.24) is 0 Å². The molecule has 4 aromatic carbocycles. The molecule has 0 aromatic heterocycles. The van der Waals surface area contributed by atoms with Crippen LogP contribution >= 0.6 is 0 Å². The lowest BCUT2D eigenvalue weighted by molar-refractivity contribution is 0.662. The molecule has 0 heterocycles. The lowest BCUT2D eigenvalue weighted by Crippen LogP contribution is -2.16. The third kappa shape index (κ3) is 2.45. The van der Waals surface area contributed by atoms with Gasteiger partial charge in [-0.1, -0.05) is 110 Å². The fourth-order valence-corrected chi connectivity index (χ4v) is 4.74. The van der Waals surface area contributed by atoms with Gasteiger partial charge >= 0.3 is 0 Å². The van der Waals surface area contributed by atoms with Gasteiger partial charge in [0.25, 0.3) is 0 Å². The summed E-state index contributed by atoms with van der Waals surface area (Å²) in [6.45, 7) is 6.88. The molecule has 0 heteroatoms. The largest absolute Gasteiger partial charge is 0.0622 e. The highest BCUT2D eigenvalue weighted by Crippen LogP contribution is 2.55. The van der Waals surface area contributed by atoms with Gasteiger partial charge in [-0.2, -0.15) is 0 Å². The fraction of sp³-hybridized carbons (Fsp3) is 0.143. The third-order valence-electron chi connectivity index (χ3n) is 6.15. The summed E-state index contributed by atoms with van der Waals surface area (Å²) in [5.74, 6) is 0. The van der Waals surface area contributed by atoms with Crippen LogP contribution in [-0.4, -0.2) is 0 Å². The fourth-order valence-electron chi connectivity index (χ4n) is 4.74. The predicted octanol–water partition coefficient (Wildman–Crippen LogP) is 7.64. The maximum Gasteiger partial charge on any atom is 0.0165 e. The standard InChI is InChI=1S/C28H24/c1-19-13-15-21(16-14-19)23-18-17-22(20-9-5-4-6-10-20)26-24-11-7-8-12-25(24)28(2,3)27(23)26/h4-18H,1-3H3. The molecule has 0 saturated heterocycles. The highest BCUT2D eigenvalue weighted by atomic mass is 14.4. The van der Waals surface area contributed by atoms with Crippen LogP contribution in [0.2, 0.25) is 0 Å². The molecule has 0 atom stereocenters. The van der Waals surface area contributed by atoms with Crippen molar-refractivity contribution in [1.29, 1.82) is 0 Å². The molecule has 0 amide bonds. The second kappa shape index (κ2) is 6.21. The second-order valence-electron chi connectivity index (χ2n) is 8.31. The van der Waals surface area contributed by atoms with E-state index in [-0.39, 0.29) is 5.41 Å². The lowest BCUT2D eigenvalue weighted by atomic mass is 9.78. The topological polar surface area (TPSA) is 0 Å². The Bertz CT molecular complexity index is 1160. The molecule has 0 unspecified atom stereocenters. The van der Waals surface area contributed by atoms with E-state index in [2.05, 4.69) is 112 Å². The molecular weight excluding hydrogens is 336 g/mol. The van der Waals surface area contributed by atoms with Gasteiger partial charge in [-0.25, -0.2) is 0 Å². The number of hydrogen-bond acceptors (Lipinski definition) is 0. The number of hydrogen-bond donors (Lipinski definition) is 0. The Morgan fingerprint density at radius 1 is 0.536 bits per heavy atom. The smallest absolute Gasteiger partial charge is 0.0165 e. The second-order valence-corrected chi connectivity index (χ2v) is 8.31. The molecular formula is C28H24. The van der Waals surface area contributed by atoms with Crippen molar-refractivity contribution >= 4 is 0 Å². The Balaban J connectivity index is 1.87. The number of rotatable bonds is 2. The van der Waals surface area contributed by atoms with Gasteiger partial charge in [-0.05, 0) is 51.4 Å². The summed E-state index contributed by atoms with van der Waals surface area (Å²) in [4.78, 5) is 0. The number of fused-ring (bicyclic) bond motifs is 3. The summed E-state index contributed by atoms with van der Waals surface area (Å²) in [7, 11) is 0. The zero-order valence-corrected chi connectivity index (χ0v) is 16.7. The summed E-state index contributed by atoms with van der Waals surface area (Å²) in [5, 5.41) is 0. The van der Waals surface area contributed by atoms with E-state index >= 15 is 0 Å². The van der Waals surface area contributed by atoms with Gasteiger partial charge in [0.1, 0.15) is 0 Å². The molecule has 4 aromatic rings. The monoisotopic (exact) mass is 360 g/mol. The van der Waals surface area contributed by atoms with E-state index in [1.165, 1.54) is 50.1 Å². The van der Waals surface area contributed by atoms with Crippen molar-refractivity contribution in [2.45, 2.75) is 26.2 Å². The van der Waals surface area contributed by atoms with E-state index in [4.69, 9.17) is 0 Å². The van der Waals surface area contributed by atoms with Crippen molar-refractivity contribution in [3.63, 3.8) is 0 Å². The quantitative estimate of drug-likeness (QED) is 0.344. The van der Waals surface area contributed by atoms with Crippen molar-refractivity contribution < 1.29 is 0 Å². The minimum Gasteiger partial charge on any atom is -0.0622 e. The molecule has 28 heavy (non-hydrogen) atoms. The summed E-state index contributed by atoms with van der Waals surface area (Å²) >= 11 is 0. The van der Waals surface area contributed by atoms with Gasteiger partial charge in [0, 0.05) is 5.41 Å². The summed E-state index contributed by atoms with van der Waals surface area (Å²) in [6.07, 6.45) is 0. The molecule has 1 aliphatic rings. The van der Waals surface area contributed by atoms with Gasteiger partial charge in [0.05, 0.1) is 0 Å². The van der Waals surface area contributed by atoms with Gasteiger partial charge < -0.3 is 0 Å². The Hall–Kier alpha value is -3.12. The third-order valence-corrected chi connectivity index (χ3v) is 6.15. The molecule has 0 saturated carbocycles. The first-order valence-electron chi connectivity index (χ1n) is 9.97. The Morgan fingerprint density at radius 2 is 1.14 bits per heavy atom. The van der Waals surface area contributed by atoms with Crippen LogP contribution in [0, 0.1) is 6.92 Å². The molecule has 0 nitrogen and oxygen atoms in total. The highest BCUT2D eigenvalue weighted by Gasteiger charge is 2.38. The minimum absolute atomic E-state index is 0.0308. The number of benzene rings is 4. The Labute approximate surface area is 167 Å². The Kier molecular flexibility index (Phi) is 3.77. The first-order valence-corrected chi connectivity index (χ1v) is 9.97. The normalized spacial score (nSPS) is 13.8. The predicted molar refractivity (Wildman–Crippen MR) is 120 cm³/mol. The molecule has 0 aliphatic heterocycles. The maximum atomic E-state index is 2.37. The van der Waals surface area contributed by atoms with Crippen LogP contribution in [0.1, 0.15) is 30.5 Å². The zero-order chi connectivity index (χ0) is 19.3. The summed E-state index contributed by atoms with van der Waals surface area (Å²) in [5.41, 5.74) is 12.1. The number of aryl methyl sites for hydroxylation is 1. The van der Waals surface area contributed by atoms with Gasteiger partial charge in [0.15, 0.2) is 0 Å². The maximum absolute atomic E-state index is 2.37. The summed E-state index contributed by atoms with van der Waals surface area (Å²) < 4.78 is 0. The first-order chi connectivity index (χ1) is 13.6. The Morgan fingerprint density at radius 3 is 1.89 bits per heavy atom. The summed E-state index contributed by atoms with van der Waals surface area (Å²) in [6, 6.07) is 33.2. The van der Waals surface area contributed by atoms with E-state index in [9.17, 15) is 0 Å². The highest BCUT2D eigenvalue weighted by molar-refractivity contribution is 5.97. The van der Waals surface area contributed by atoms with Crippen LogP contribution in [0.4, 0.5) is 0 Å². The molecule has 0 spiro atoms. The van der Waals surface area contributed by atoms with Gasteiger partial charge in [-0.15, -0.1) is 0 Å². The average molecular weight is 361 g/mol. The molecule has 136 valence electrons. The molecule has 0 radical (unpaired) electrons. The van der Waals surface area contributed by atoms with E-state index in [0.717, 1.165) is 0 Å². The van der Waals surface area contributed by atoms with Crippen LogP contribution in [0.5, 0.6) is 0 Å². The van der Waals surface area contributed by atoms with Crippen molar-refractivity contribution in [2.75, 3.05) is 0 Å². The average Bonchev–Trinajstić information content (AvgIpc) is 2.97. The van der Waals surface area contributed by atoms with Gasteiger partial charge in [-0.3, -0.25) is 0 Å². The lowest BCUT2D eigenvalue weighted by Gasteiger charge is -2.25. The van der Waals surface area contributed by atoms with Crippen molar-refractivity contribution in [3.8, 4) is 33.4 Å². The minimum atomic E-state index is -0.0308. The first kappa shape index (κ1) is 17.0.